The second kappa shape index (κ2) is 11.2. The summed E-state index contributed by atoms with van der Waals surface area (Å²) in [5.41, 5.74) is 6.09. The molecule has 32 heavy (non-hydrogen) atoms. The lowest BCUT2D eigenvalue weighted by Gasteiger charge is -2.38. The number of aromatic nitrogens is 1. The molecule has 2 saturated heterocycles. The van der Waals surface area contributed by atoms with Crippen LogP contribution >= 0.6 is 15.9 Å². The van der Waals surface area contributed by atoms with Gasteiger partial charge in [-0.3, -0.25) is 9.69 Å². The molecule has 3 heterocycles. The molecule has 0 spiro atoms. The van der Waals surface area contributed by atoms with Crippen molar-refractivity contribution in [2.24, 2.45) is 5.92 Å². The van der Waals surface area contributed by atoms with Crippen LogP contribution < -0.4 is 15.8 Å². The number of nitrogens with zero attached hydrogens (tertiary/aromatic N) is 4. The molecule has 2 aliphatic heterocycles. The molecule has 1 aromatic rings. The number of carbonyl (C=O) groups is 2. The number of piperidine rings is 1. The minimum atomic E-state index is -0.284. The van der Waals surface area contributed by atoms with Crippen LogP contribution in [0.25, 0.3) is 0 Å². The highest BCUT2D eigenvalue weighted by molar-refractivity contribution is 9.10. The van der Waals surface area contributed by atoms with Crippen LogP contribution in [0.2, 0.25) is 0 Å². The van der Waals surface area contributed by atoms with Crippen molar-refractivity contribution in [2.45, 2.75) is 18.9 Å². The number of carbonyl (C=O) groups excluding carboxylic acids is 2. The summed E-state index contributed by atoms with van der Waals surface area (Å²) in [4.78, 5) is 34.8. The Morgan fingerprint density at radius 2 is 2.06 bits per heavy atom. The number of hydrogen-bond donors (Lipinski definition) is 2. The number of methoxy groups -OCH3 is 1. The predicted octanol–water partition coefficient (Wildman–Crippen LogP) is 1.26. The molecule has 1 unspecified atom stereocenters. The average molecular weight is 513 g/mol. The topological polar surface area (TPSA) is 113 Å². The summed E-state index contributed by atoms with van der Waals surface area (Å²) in [6.45, 7) is 5.27. The van der Waals surface area contributed by atoms with E-state index in [1.54, 1.807) is 25.1 Å². The van der Waals surface area contributed by atoms with Gasteiger partial charge in [0.15, 0.2) is 0 Å². The van der Waals surface area contributed by atoms with Gasteiger partial charge in [-0.05, 0) is 40.8 Å². The van der Waals surface area contributed by atoms with Gasteiger partial charge in [0.05, 0.1) is 24.3 Å². The number of halogens is 1. The molecule has 0 bridgehead atoms. The molecular formula is C21H33BrN6O4. The van der Waals surface area contributed by atoms with Crippen LogP contribution in [0.3, 0.4) is 0 Å². The van der Waals surface area contributed by atoms with Gasteiger partial charge >= 0.3 is 6.03 Å². The number of ether oxygens (including phenoxy) is 2. The Kier molecular flexibility index (Phi) is 8.55. The number of nitrogens with two attached hydrogens (primary N) is 1. The normalized spacial score (nSPS) is 20.1. The zero-order valence-corrected chi connectivity index (χ0v) is 20.6. The lowest BCUT2D eigenvalue weighted by atomic mass is 9.96. The number of hydrogen-bond acceptors (Lipinski definition) is 7. The number of nitrogens with one attached hydrogen (secondary N) is 1. The first kappa shape index (κ1) is 24.5. The minimum Gasteiger partial charge on any atom is -0.480 e. The summed E-state index contributed by atoms with van der Waals surface area (Å²) < 4.78 is 11.6. The summed E-state index contributed by atoms with van der Waals surface area (Å²) in [7, 11) is 5.04. The number of rotatable bonds is 6. The molecule has 2 fully saturated rings. The fraction of sp³-hybridized carbons (Fsp3) is 0.667. The van der Waals surface area contributed by atoms with E-state index in [-0.39, 0.29) is 29.7 Å². The molecule has 3 amide bonds. The van der Waals surface area contributed by atoms with Gasteiger partial charge < -0.3 is 30.3 Å². The van der Waals surface area contributed by atoms with Crippen molar-refractivity contribution in [1.82, 2.24) is 25.0 Å². The van der Waals surface area contributed by atoms with Crippen LogP contribution in [0.5, 0.6) is 5.88 Å². The van der Waals surface area contributed by atoms with E-state index in [0.717, 1.165) is 45.6 Å². The van der Waals surface area contributed by atoms with Crippen molar-refractivity contribution in [3.63, 3.8) is 0 Å². The molecule has 3 rings (SSSR count). The Morgan fingerprint density at radius 1 is 1.34 bits per heavy atom. The van der Waals surface area contributed by atoms with Crippen molar-refractivity contribution in [3.8, 4) is 5.88 Å². The molecule has 0 aromatic carbocycles. The van der Waals surface area contributed by atoms with Crippen molar-refractivity contribution in [2.75, 3.05) is 72.8 Å². The fourth-order valence-electron chi connectivity index (χ4n) is 4.13. The molecule has 0 saturated carbocycles. The van der Waals surface area contributed by atoms with Crippen molar-refractivity contribution in [1.29, 1.82) is 0 Å². The summed E-state index contributed by atoms with van der Waals surface area (Å²) in [6, 6.07) is 1.70. The third-order valence-corrected chi connectivity index (χ3v) is 6.54. The summed E-state index contributed by atoms with van der Waals surface area (Å²) in [5, 5.41) is 2.92. The standard InChI is InChI=1S/C21H33BrN6O4/c1-26(2)21(30)28-6-4-14(5-7-28)12-27-8-9-32-15(13-27)11-24-19(29)16-10-17(22)18(23)25-20(16)31-3/h10,14-15H,4-9,11-13H2,1-3H3,(H2,23,25)(H,24,29). The second-order valence-electron chi connectivity index (χ2n) is 8.48. The monoisotopic (exact) mass is 512 g/mol. The van der Waals surface area contributed by atoms with Gasteiger partial charge in [-0.25, -0.2) is 4.79 Å². The van der Waals surface area contributed by atoms with E-state index >= 15 is 0 Å². The largest absolute Gasteiger partial charge is 0.480 e. The third kappa shape index (κ3) is 6.23. The van der Waals surface area contributed by atoms with E-state index in [1.165, 1.54) is 7.11 Å². The Balaban J connectivity index is 1.46. The first-order chi connectivity index (χ1) is 15.3. The zero-order chi connectivity index (χ0) is 23.3. The van der Waals surface area contributed by atoms with Gasteiger partial charge in [0.2, 0.25) is 5.88 Å². The molecule has 11 heteroatoms. The van der Waals surface area contributed by atoms with E-state index in [9.17, 15) is 9.59 Å². The highest BCUT2D eigenvalue weighted by atomic mass is 79.9. The minimum absolute atomic E-state index is 0.0840. The number of amides is 3. The van der Waals surface area contributed by atoms with Crippen LogP contribution in [0.1, 0.15) is 23.2 Å². The van der Waals surface area contributed by atoms with Gasteiger partial charge in [-0.15, -0.1) is 0 Å². The van der Waals surface area contributed by atoms with Crippen molar-refractivity contribution in [3.05, 3.63) is 16.1 Å². The molecule has 0 radical (unpaired) electrons. The lowest BCUT2D eigenvalue weighted by molar-refractivity contribution is -0.0331. The van der Waals surface area contributed by atoms with Crippen LogP contribution in [-0.2, 0) is 4.74 Å². The molecule has 178 valence electrons. The maximum absolute atomic E-state index is 12.7. The summed E-state index contributed by atoms with van der Waals surface area (Å²) in [6.07, 6.45) is 1.94. The number of nitrogen functional groups attached to an aromatic ring is 1. The first-order valence-electron chi connectivity index (χ1n) is 10.9. The van der Waals surface area contributed by atoms with Crippen LogP contribution in [0.15, 0.2) is 10.5 Å². The Labute approximate surface area is 197 Å². The smallest absolute Gasteiger partial charge is 0.319 e. The molecule has 1 aromatic heterocycles. The Bertz CT molecular complexity index is 816. The number of anilines is 1. The van der Waals surface area contributed by atoms with Gasteiger partial charge in [-0.1, -0.05) is 0 Å². The van der Waals surface area contributed by atoms with Crippen LogP contribution in [0, 0.1) is 5.92 Å². The predicted molar refractivity (Wildman–Crippen MR) is 125 cm³/mol. The van der Waals surface area contributed by atoms with Crippen LogP contribution in [-0.4, -0.2) is 105 Å². The quantitative estimate of drug-likeness (QED) is 0.589. The van der Waals surface area contributed by atoms with Crippen molar-refractivity contribution < 1.29 is 19.1 Å². The molecule has 1 atom stereocenters. The lowest BCUT2D eigenvalue weighted by Crippen LogP contribution is -2.50. The van der Waals surface area contributed by atoms with E-state index in [1.807, 2.05) is 4.90 Å². The van der Waals surface area contributed by atoms with Gasteiger partial charge in [0.1, 0.15) is 11.4 Å². The van der Waals surface area contributed by atoms with Crippen LogP contribution in [0.4, 0.5) is 10.6 Å². The number of morpholine rings is 1. The van der Waals surface area contributed by atoms with E-state index in [2.05, 4.69) is 31.1 Å². The zero-order valence-electron chi connectivity index (χ0n) is 19.0. The highest BCUT2D eigenvalue weighted by Crippen LogP contribution is 2.25. The number of likely N-dealkylation sites (tertiary alicyclic amines) is 1. The summed E-state index contributed by atoms with van der Waals surface area (Å²) >= 11 is 3.30. The first-order valence-corrected chi connectivity index (χ1v) is 11.7. The van der Waals surface area contributed by atoms with E-state index in [4.69, 9.17) is 15.2 Å². The number of urea groups is 1. The van der Waals surface area contributed by atoms with Gasteiger partial charge in [0.25, 0.3) is 5.91 Å². The molecular weight excluding hydrogens is 480 g/mol. The maximum atomic E-state index is 12.7. The second-order valence-corrected chi connectivity index (χ2v) is 9.34. The summed E-state index contributed by atoms with van der Waals surface area (Å²) in [5.74, 6) is 0.737. The van der Waals surface area contributed by atoms with Crippen molar-refractivity contribution >= 4 is 33.7 Å². The third-order valence-electron chi connectivity index (χ3n) is 5.90. The average Bonchev–Trinajstić information content (AvgIpc) is 2.79. The van der Waals surface area contributed by atoms with E-state index < -0.39 is 0 Å². The Hall–Kier alpha value is -2.11. The molecule has 10 nitrogen and oxygen atoms in total. The molecule has 0 aliphatic carbocycles. The maximum Gasteiger partial charge on any atom is 0.319 e. The molecule has 2 aliphatic rings. The molecule has 3 N–H and O–H groups in total. The Morgan fingerprint density at radius 3 is 2.72 bits per heavy atom. The van der Waals surface area contributed by atoms with E-state index in [0.29, 0.717) is 29.1 Å². The highest BCUT2D eigenvalue weighted by Gasteiger charge is 2.28. The number of pyridine rings is 1. The van der Waals surface area contributed by atoms with Gasteiger partial charge in [-0.2, -0.15) is 4.98 Å². The SMILES string of the molecule is COc1nc(N)c(Br)cc1C(=O)NCC1CN(CC2CCN(C(=O)N(C)C)CC2)CCO1. The fourth-order valence-corrected chi connectivity index (χ4v) is 4.45. The van der Waals surface area contributed by atoms with Gasteiger partial charge in [0, 0.05) is 53.4 Å².